The molecule has 4 nitrogen and oxygen atoms in total. The lowest BCUT2D eigenvalue weighted by Crippen LogP contribution is -2.27. The van der Waals surface area contributed by atoms with E-state index in [-0.39, 0.29) is 11.0 Å². The van der Waals surface area contributed by atoms with Gasteiger partial charge in [-0.25, -0.2) is 4.79 Å². The summed E-state index contributed by atoms with van der Waals surface area (Å²) in [4.78, 5) is 13.1. The number of carbonyl (C=O) groups is 1. The second-order valence-electron chi connectivity index (χ2n) is 3.38. The van der Waals surface area contributed by atoms with Gasteiger partial charge >= 0.3 is 6.03 Å². The second-order valence-corrected chi connectivity index (χ2v) is 4.23. The fourth-order valence-electron chi connectivity index (χ4n) is 1.00. The molecule has 3 N–H and O–H groups in total. The van der Waals surface area contributed by atoms with E-state index in [1.54, 1.807) is 32.3 Å². The number of nitrogens with one attached hydrogen (secondary N) is 1. The third-order valence-corrected chi connectivity index (χ3v) is 2.46. The summed E-state index contributed by atoms with van der Waals surface area (Å²) in [7, 11) is 3.28. The van der Waals surface area contributed by atoms with Crippen LogP contribution in [-0.4, -0.2) is 30.0 Å². The zero-order valence-corrected chi connectivity index (χ0v) is 10.5. The Morgan fingerprint density at radius 2 is 2.12 bits per heavy atom. The Balaban J connectivity index is 2.99. The molecule has 2 amide bonds. The number of benzene rings is 1. The monoisotopic (exact) mass is 257 g/mol. The number of hydrogen-bond donors (Lipinski definition) is 2. The number of carbonyl (C=O) groups excluding carboxylic acids is 1. The van der Waals surface area contributed by atoms with E-state index in [1.165, 1.54) is 4.90 Å². The first-order valence-corrected chi connectivity index (χ1v) is 5.28. The van der Waals surface area contributed by atoms with Crippen LogP contribution in [0.5, 0.6) is 0 Å². The SMILES string of the molecule is CN(C)C(=O)Nc1cc(C(N)=S)ccc1Cl. The van der Waals surface area contributed by atoms with Crippen molar-refractivity contribution in [3.63, 3.8) is 0 Å². The number of nitrogens with zero attached hydrogens (tertiary/aromatic N) is 1. The van der Waals surface area contributed by atoms with Crippen molar-refractivity contribution in [2.24, 2.45) is 5.73 Å². The van der Waals surface area contributed by atoms with Crippen molar-refractivity contribution in [3.05, 3.63) is 28.8 Å². The molecule has 1 aromatic carbocycles. The summed E-state index contributed by atoms with van der Waals surface area (Å²) in [6.45, 7) is 0. The van der Waals surface area contributed by atoms with Crippen molar-refractivity contribution in [3.8, 4) is 0 Å². The highest BCUT2D eigenvalue weighted by Gasteiger charge is 2.08. The highest BCUT2D eigenvalue weighted by Crippen LogP contribution is 2.23. The largest absolute Gasteiger partial charge is 0.389 e. The molecule has 16 heavy (non-hydrogen) atoms. The summed E-state index contributed by atoms with van der Waals surface area (Å²) in [6, 6.07) is 4.73. The van der Waals surface area contributed by atoms with Crippen LogP contribution in [0.1, 0.15) is 5.56 Å². The van der Waals surface area contributed by atoms with Crippen molar-refractivity contribution in [2.75, 3.05) is 19.4 Å². The number of rotatable bonds is 2. The molecule has 1 aromatic rings. The smallest absolute Gasteiger partial charge is 0.321 e. The molecular formula is C10H12ClN3OS. The van der Waals surface area contributed by atoms with Crippen molar-refractivity contribution < 1.29 is 4.79 Å². The molecular weight excluding hydrogens is 246 g/mol. The number of hydrogen-bond acceptors (Lipinski definition) is 2. The van der Waals surface area contributed by atoms with Crippen molar-refractivity contribution >= 4 is 40.5 Å². The van der Waals surface area contributed by atoms with Gasteiger partial charge in [0.05, 0.1) is 10.7 Å². The molecule has 0 atom stereocenters. The van der Waals surface area contributed by atoms with E-state index in [4.69, 9.17) is 29.6 Å². The third-order valence-electron chi connectivity index (χ3n) is 1.90. The zero-order chi connectivity index (χ0) is 12.3. The Labute approximate surface area is 104 Å². The van der Waals surface area contributed by atoms with Crippen LogP contribution in [0.4, 0.5) is 10.5 Å². The van der Waals surface area contributed by atoms with Gasteiger partial charge in [0, 0.05) is 19.7 Å². The van der Waals surface area contributed by atoms with Gasteiger partial charge < -0.3 is 16.0 Å². The lowest BCUT2D eigenvalue weighted by molar-refractivity contribution is 0.230. The summed E-state index contributed by atoms with van der Waals surface area (Å²) < 4.78 is 0. The van der Waals surface area contributed by atoms with Gasteiger partial charge in [-0.3, -0.25) is 0 Å². The van der Waals surface area contributed by atoms with Crippen LogP contribution in [-0.2, 0) is 0 Å². The van der Waals surface area contributed by atoms with Gasteiger partial charge in [-0.1, -0.05) is 29.9 Å². The van der Waals surface area contributed by atoms with E-state index in [2.05, 4.69) is 5.32 Å². The van der Waals surface area contributed by atoms with Crippen LogP contribution in [0.15, 0.2) is 18.2 Å². The van der Waals surface area contributed by atoms with E-state index in [1.807, 2.05) is 0 Å². The molecule has 0 aliphatic heterocycles. The quantitative estimate of drug-likeness (QED) is 0.798. The van der Waals surface area contributed by atoms with Crippen molar-refractivity contribution in [1.29, 1.82) is 0 Å². The van der Waals surface area contributed by atoms with Gasteiger partial charge in [-0.05, 0) is 12.1 Å². The van der Waals surface area contributed by atoms with Gasteiger partial charge in [-0.15, -0.1) is 0 Å². The van der Waals surface area contributed by atoms with Gasteiger partial charge in [0.15, 0.2) is 0 Å². The summed E-state index contributed by atoms with van der Waals surface area (Å²) in [5.74, 6) is 0. The fraction of sp³-hybridized carbons (Fsp3) is 0.200. The molecule has 0 unspecified atom stereocenters. The highest BCUT2D eigenvalue weighted by molar-refractivity contribution is 7.80. The zero-order valence-electron chi connectivity index (χ0n) is 8.95. The van der Waals surface area contributed by atoms with Gasteiger partial charge in [0.2, 0.25) is 0 Å². The normalized spacial score (nSPS) is 9.69. The van der Waals surface area contributed by atoms with Gasteiger partial charge in [-0.2, -0.15) is 0 Å². The standard InChI is InChI=1S/C10H12ClN3OS/c1-14(2)10(15)13-8-5-6(9(12)16)3-4-7(8)11/h3-5H,1-2H3,(H2,12,16)(H,13,15). The predicted octanol–water partition coefficient (Wildman–Crippen LogP) is 2.07. The average molecular weight is 258 g/mol. The van der Waals surface area contributed by atoms with Crippen LogP contribution < -0.4 is 11.1 Å². The fourth-order valence-corrected chi connectivity index (χ4v) is 1.29. The second kappa shape index (κ2) is 5.14. The molecule has 0 aromatic heterocycles. The number of urea groups is 1. The maximum atomic E-state index is 11.4. The van der Waals surface area contributed by atoms with E-state index < -0.39 is 0 Å². The predicted molar refractivity (Wildman–Crippen MR) is 70.0 cm³/mol. The molecule has 0 aliphatic rings. The Morgan fingerprint density at radius 3 is 2.62 bits per heavy atom. The number of amides is 2. The van der Waals surface area contributed by atoms with E-state index >= 15 is 0 Å². The number of nitrogens with two attached hydrogens (primary N) is 1. The maximum Gasteiger partial charge on any atom is 0.321 e. The van der Waals surface area contributed by atoms with Crippen molar-refractivity contribution in [1.82, 2.24) is 4.90 Å². The lowest BCUT2D eigenvalue weighted by Gasteiger charge is -2.13. The minimum Gasteiger partial charge on any atom is -0.389 e. The molecule has 86 valence electrons. The minimum atomic E-state index is -0.262. The first kappa shape index (κ1) is 12.7. The molecule has 0 saturated carbocycles. The maximum absolute atomic E-state index is 11.4. The highest BCUT2D eigenvalue weighted by atomic mass is 35.5. The molecule has 0 fully saturated rings. The summed E-state index contributed by atoms with van der Waals surface area (Å²) in [5, 5.41) is 3.08. The Bertz CT molecular complexity index is 434. The van der Waals surface area contributed by atoms with Crippen LogP contribution in [0.25, 0.3) is 0 Å². The van der Waals surface area contributed by atoms with Gasteiger partial charge in [0.25, 0.3) is 0 Å². The summed E-state index contributed by atoms with van der Waals surface area (Å²) in [6.07, 6.45) is 0. The van der Waals surface area contributed by atoms with E-state index in [0.717, 1.165) is 0 Å². The van der Waals surface area contributed by atoms with Crippen LogP contribution in [0.2, 0.25) is 5.02 Å². The number of halogens is 1. The molecule has 1 rings (SSSR count). The lowest BCUT2D eigenvalue weighted by atomic mass is 10.2. The Kier molecular flexibility index (Phi) is 4.09. The first-order valence-electron chi connectivity index (χ1n) is 4.49. The molecule has 0 radical (unpaired) electrons. The molecule has 0 heterocycles. The molecule has 0 spiro atoms. The Hall–Kier alpha value is -1.33. The van der Waals surface area contributed by atoms with E-state index in [9.17, 15) is 4.79 Å². The third kappa shape index (κ3) is 3.08. The number of thiocarbonyl (C=S) groups is 1. The van der Waals surface area contributed by atoms with E-state index in [0.29, 0.717) is 16.3 Å². The van der Waals surface area contributed by atoms with Crippen molar-refractivity contribution in [2.45, 2.75) is 0 Å². The number of anilines is 1. The minimum absolute atomic E-state index is 0.261. The van der Waals surface area contributed by atoms with Gasteiger partial charge in [0.1, 0.15) is 4.99 Å². The summed E-state index contributed by atoms with van der Waals surface area (Å²) in [5.41, 5.74) is 6.64. The molecule has 6 heteroatoms. The summed E-state index contributed by atoms with van der Waals surface area (Å²) >= 11 is 10.8. The molecule has 0 aliphatic carbocycles. The Morgan fingerprint density at radius 1 is 1.50 bits per heavy atom. The molecule has 0 bridgehead atoms. The molecule has 0 saturated heterocycles. The topological polar surface area (TPSA) is 58.4 Å². The average Bonchev–Trinajstić information content (AvgIpc) is 2.20. The van der Waals surface area contributed by atoms with Crippen LogP contribution >= 0.6 is 23.8 Å². The van der Waals surface area contributed by atoms with Crippen LogP contribution in [0, 0.1) is 0 Å². The van der Waals surface area contributed by atoms with Crippen LogP contribution in [0.3, 0.4) is 0 Å². The first-order chi connectivity index (χ1) is 7.41.